The second-order valence-electron chi connectivity index (χ2n) is 8.64. The number of nitrogens with zero attached hydrogens (tertiary/aromatic N) is 1. The average Bonchev–Trinajstić information content (AvgIpc) is 2.74. The van der Waals surface area contributed by atoms with E-state index in [0.717, 1.165) is 24.6 Å². The number of methoxy groups -OCH3 is 1. The Morgan fingerprint density at radius 2 is 1.73 bits per heavy atom. The first kappa shape index (κ1) is 20.1. The van der Waals surface area contributed by atoms with Crippen molar-refractivity contribution in [2.24, 2.45) is 5.92 Å². The maximum absolute atomic E-state index is 5.58. The van der Waals surface area contributed by atoms with E-state index >= 15 is 0 Å². The van der Waals surface area contributed by atoms with Crippen LogP contribution in [0.3, 0.4) is 0 Å². The molecular formula is C27H28INO. The summed E-state index contributed by atoms with van der Waals surface area (Å²) in [5.41, 5.74) is 5.68. The standard InChI is InChI=1S/C27H28INO/c1-30-24-14-15-25-22(16-24)17-26(20-8-5-9-20)29(18-19-6-3-2-4-7-19)27(25)21-10-12-23(28)13-11-21/h2-4,6-7,10-16,20,26-27H,5,8-9,17-18H2,1H3/t26-,27?/m1/s1. The molecule has 0 bridgehead atoms. The lowest BCUT2D eigenvalue weighted by Gasteiger charge is -2.49. The van der Waals surface area contributed by atoms with Gasteiger partial charge in [0.05, 0.1) is 13.2 Å². The Balaban J connectivity index is 1.63. The van der Waals surface area contributed by atoms with Crippen LogP contribution >= 0.6 is 22.6 Å². The number of ether oxygens (including phenoxy) is 1. The summed E-state index contributed by atoms with van der Waals surface area (Å²) in [6.07, 6.45) is 5.20. The van der Waals surface area contributed by atoms with E-state index in [9.17, 15) is 0 Å². The quantitative estimate of drug-likeness (QED) is 0.359. The maximum atomic E-state index is 5.58. The van der Waals surface area contributed by atoms with Crippen molar-refractivity contribution in [2.75, 3.05) is 7.11 Å². The molecule has 3 heteroatoms. The van der Waals surface area contributed by atoms with Gasteiger partial charge in [-0.25, -0.2) is 0 Å². The zero-order chi connectivity index (χ0) is 20.5. The predicted octanol–water partition coefficient (Wildman–Crippen LogP) is 6.62. The molecule has 1 unspecified atom stereocenters. The van der Waals surface area contributed by atoms with Gasteiger partial charge >= 0.3 is 0 Å². The first-order chi connectivity index (χ1) is 14.7. The molecular weight excluding hydrogens is 481 g/mol. The van der Waals surface area contributed by atoms with Crippen LogP contribution in [0.2, 0.25) is 0 Å². The highest BCUT2D eigenvalue weighted by molar-refractivity contribution is 14.1. The Morgan fingerprint density at radius 1 is 0.967 bits per heavy atom. The van der Waals surface area contributed by atoms with Crippen LogP contribution in [0, 0.1) is 9.49 Å². The molecule has 0 saturated heterocycles. The van der Waals surface area contributed by atoms with Crippen LogP contribution in [0.15, 0.2) is 72.8 Å². The molecule has 3 aromatic rings. The van der Waals surface area contributed by atoms with E-state index in [4.69, 9.17) is 4.74 Å². The highest BCUT2D eigenvalue weighted by Gasteiger charge is 2.40. The van der Waals surface area contributed by atoms with Gasteiger partial charge in [0.25, 0.3) is 0 Å². The predicted molar refractivity (Wildman–Crippen MR) is 131 cm³/mol. The minimum absolute atomic E-state index is 0.280. The Hall–Kier alpha value is -1.85. The fourth-order valence-electron chi connectivity index (χ4n) is 5.15. The third kappa shape index (κ3) is 3.90. The summed E-state index contributed by atoms with van der Waals surface area (Å²) >= 11 is 2.40. The zero-order valence-electron chi connectivity index (χ0n) is 17.4. The van der Waals surface area contributed by atoms with E-state index in [1.165, 1.54) is 45.1 Å². The first-order valence-corrected chi connectivity index (χ1v) is 12.0. The normalized spacial score (nSPS) is 21.7. The molecule has 1 aliphatic heterocycles. The molecule has 1 aliphatic carbocycles. The van der Waals surface area contributed by atoms with Gasteiger partial charge in [-0.2, -0.15) is 0 Å². The molecule has 30 heavy (non-hydrogen) atoms. The highest BCUT2D eigenvalue weighted by Crippen LogP contribution is 2.45. The van der Waals surface area contributed by atoms with Gasteiger partial charge < -0.3 is 4.74 Å². The van der Waals surface area contributed by atoms with Crippen molar-refractivity contribution in [3.05, 3.63) is 98.6 Å². The third-order valence-corrected chi connectivity index (χ3v) is 7.64. The van der Waals surface area contributed by atoms with Crippen LogP contribution in [0.1, 0.15) is 47.6 Å². The van der Waals surface area contributed by atoms with Crippen LogP contribution in [-0.4, -0.2) is 18.1 Å². The van der Waals surface area contributed by atoms with E-state index in [-0.39, 0.29) is 6.04 Å². The molecule has 2 nitrogen and oxygen atoms in total. The Bertz CT molecular complexity index is 997. The van der Waals surface area contributed by atoms with Crippen LogP contribution in [0.4, 0.5) is 0 Å². The van der Waals surface area contributed by atoms with Crippen LogP contribution in [-0.2, 0) is 13.0 Å². The molecule has 5 rings (SSSR count). The van der Waals surface area contributed by atoms with Gasteiger partial charge in [-0.3, -0.25) is 4.90 Å². The lowest BCUT2D eigenvalue weighted by molar-refractivity contribution is 0.0525. The third-order valence-electron chi connectivity index (χ3n) is 6.92. The molecule has 2 aliphatic rings. The summed E-state index contributed by atoms with van der Waals surface area (Å²) in [4.78, 5) is 2.79. The van der Waals surface area contributed by atoms with Crippen molar-refractivity contribution in [3.8, 4) is 5.75 Å². The van der Waals surface area contributed by atoms with Gasteiger partial charge in [0.2, 0.25) is 0 Å². The van der Waals surface area contributed by atoms with E-state index in [1.807, 2.05) is 0 Å². The van der Waals surface area contributed by atoms with Crippen LogP contribution in [0.5, 0.6) is 5.75 Å². The molecule has 154 valence electrons. The summed E-state index contributed by atoms with van der Waals surface area (Å²) < 4.78 is 6.87. The number of rotatable bonds is 5. The van der Waals surface area contributed by atoms with Gasteiger partial charge in [0.15, 0.2) is 0 Å². The van der Waals surface area contributed by atoms with Gasteiger partial charge in [0, 0.05) is 16.2 Å². The van der Waals surface area contributed by atoms with Gasteiger partial charge in [0.1, 0.15) is 5.75 Å². The minimum Gasteiger partial charge on any atom is -0.497 e. The van der Waals surface area contributed by atoms with Crippen molar-refractivity contribution in [1.29, 1.82) is 0 Å². The SMILES string of the molecule is COc1ccc2c(c1)C[C@H](C1CCC1)N(Cc1ccccc1)C2c1ccc(I)cc1. The van der Waals surface area contributed by atoms with Crippen LogP contribution in [0.25, 0.3) is 0 Å². The van der Waals surface area contributed by atoms with Crippen molar-refractivity contribution in [3.63, 3.8) is 0 Å². The Labute approximate surface area is 193 Å². The largest absolute Gasteiger partial charge is 0.497 e. The molecule has 0 radical (unpaired) electrons. The zero-order valence-corrected chi connectivity index (χ0v) is 19.6. The van der Waals surface area contributed by atoms with Crippen molar-refractivity contribution < 1.29 is 4.74 Å². The van der Waals surface area contributed by atoms with Crippen molar-refractivity contribution >= 4 is 22.6 Å². The summed E-state index contributed by atoms with van der Waals surface area (Å²) in [5, 5.41) is 0. The molecule has 0 N–H and O–H groups in total. The van der Waals surface area contributed by atoms with E-state index in [2.05, 4.69) is 100 Å². The van der Waals surface area contributed by atoms with Gasteiger partial charge in [-0.05, 0) is 94.3 Å². The van der Waals surface area contributed by atoms with E-state index < -0.39 is 0 Å². The summed E-state index contributed by atoms with van der Waals surface area (Å²) in [6, 6.07) is 27.7. The fourth-order valence-corrected chi connectivity index (χ4v) is 5.51. The molecule has 0 aromatic heterocycles. The molecule has 2 atom stereocenters. The smallest absolute Gasteiger partial charge is 0.119 e. The monoisotopic (exact) mass is 509 g/mol. The Kier molecular flexibility index (Phi) is 5.83. The highest BCUT2D eigenvalue weighted by atomic mass is 127. The number of fused-ring (bicyclic) bond motifs is 1. The lowest BCUT2D eigenvalue weighted by Crippen LogP contribution is -2.49. The topological polar surface area (TPSA) is 12.5 Å². The molecule has 0 spiro atoms. The summed E-state index contributed by atoms with van der Waals surface area (Å²) in [7, 11) is 1.77. The molecule has 1 saturated carbocycles. The molecule has 1 fully saturated rings. The first-order valence-electron chi connectivity index (χ1n) is 10.9. The number of benzene rings is 3. The number of hydrogen-bond donors (Lipinski definition) is 0. The fraction of sp³-hybridized carbons (Fsp3) is 0.333. The van der Waals surface area contributed by atoms with E-state index in [1.54, 1.807) is 7.11 Å². The average molecular weight is 509 g/mol. The van der Waals surface area contributed by atoms with Gasteiger partial charge in [-0.1, -0.05) is 55.0 Å². The van der Waals surface area contributed by atoms with Crippen molar-refractivity contribution in [1.82, 2.24) is 4.90 Å². The summed E-state index contributed by atoms with van der Waals surface area (Å²) in [6.45, 7) is 0.990. The number of hydrogen-bond acceptors (Lipinski definition) is 2. The van der Waals surface area contributed by atoms with Crippen molar-refractivity contribution in [2.45, 2.75) is 44.3 Å². The molecule has 1 heterocycles. The number of halogens is 1. The molecule has 3 aromatic carbocycles. The molecule has 0 amide bonds. The lowest BCUT2D eigenvalue weighted by atomic mass is 9.72. The second-order valence-corrected chi connectivity index (χ2v) is 9.88. The van der Waals surface area contributed by atoms with Crippen LogP contribution < -0.4 is 4.74 Å². The Morgan fingerprint density at radius 3 is 2.40 bits per heavy atom. The summed E-state index contributed by atoms with van der Waals surface area (Å²) in [5.74, 6) is 1.76. The van der Waals surface area contributed by atoms with E-state index in [0.29, 0.717) is 6.04 Å². The second kappa shape index (κ2) is 8.72. The van der Waals surface area contributed by atoms with Gasteiger partial charge in [-0.15, -0.1) is 0 Å². The maximum Gasteiger partial charge on any atom is 0.119 e. The minimum atomic E-state index is 0.280.